The SMILES string of the molecule is O=S(=O)(c1ccc(/C=C/c2ccc(F)cc2F)cc1)c1ccccc1-c1nnco1. The molecule has 0 spiro atoms. The summed E-state index contributed by atoms with van der Waals surface area (Å²) < 4.78 is 58.1. The van der Waals surface area contributed by atoms with Gasteiger partial charge in [0.15, 0.2) is 0 Å². The van der Waals surface area contributed by atoms with E-state index in [-0.39, 0.29) is 21.2 Å². The molecule has 0 saturated heterocycles. The van der Waals surface area contributed by atoms with Gasteiger partial charge in [0.2, 0.25) is 22.1 Å². The van der Waals surface area contributed by atoms with Crippen LogP contribution >= 0.6 is 0 Å². The molecule has 1 heterocycles. The van der Waals surface area contributed by atoms with Crippen molar-refractivity contribution in [3.63, 3.8) is 0 Å². The predicted octanol–water partition coefficient (Wildman–Crippen LogP) is 5.02. The minimum absolute atomic E-state index is 0.0472. The summed E-state index contributed by atoms with van der Waals surface area (Å²) in [5.74, 6) is -1.22. The summed E-state index contributed by atoms with van der Waals surface area (Å²) in [5.41, 5.74) is 1.19. The van der Waals surface area contributed by atoms with Gasteiger partial charge < -0.3 is 4.42 Å². The van der Waals surface area contributed by atoms with Crippen LogP contribution in [0.4, 0.5) is 8.78 Å². The van der Waals surface area contributed by atoms with E-state index in [0.717, 1.165) is 12.5 Å². The Kier molecular flexibility index (Phi) is 5.24. The van der Waals surface area contributed by atoms with Gasteiger partial charge in [0.05, 0.1) is 15.4 Å². The van der Waals surface area contributed by atoms with Crippen LogP contribution in [0, 0.1) is 11.6 Å². The Labute approximate surface area is 171 Å². The van der Waals surface area contributed by atoms with Crippen molar-refractivity contribution in [1.82, 2.24) is 10.2 Å². The molecule has 0 fully saturated rings. The molecule has 0 aliphatic carbocycles. The van der Waals surface area contributed by atoms with Gasteiger partial charge in [0.25, 0.3) is 0 Å². The van der Waals surface area contributed by atoms with Crippen LogP contribution < -0.4 is 0 Å². The lowest BCUT2D eigenvalue weighted by atomic mass is 10.1. The van der Waals surface area contributed by atoms with Gasteiger partial charge in [-0.2, -0.15) is 0 Å². The van der Waals surface area contributed by atoms with Gasteiger partial charge in [-0.15, -0.1) is 10.2 Å². The van der Waals surface area contributed by atoms with E-state index in [1.165, 1.54) is 36.4 Å². The number of nitrogens with zero attached hydrogens (tertiary/aromatic N) is 2. The van der Waals surface area contributed by atoms with Crippen LogP contribution in [0.25, 0.3) is 23.6 Å². The second-order valence-corrected chi connectivity index (χ2v) is 8.23. The summed E-state index contributed by atoms with van der Waals surface area (Å²) >= 11 is 0. The summed E-state index contributed by atoms with van der Waals surface area (Å²) in [6, 6.07) is 15.8. The molecule has 0 amide bonds. The molecule has 1 aromatic heterocycles. The van der Waals surface area contributed by atoms with E-state index in [4.69, 9.17) is 4.42 Å². The van der Waals surface area contributed by atoms with E-state index in [1.807, 2.05) is 0 Å². The lowest BCUT2D eigenvalue weighted by molar-refractivity contribution is 0.565. The lowest BCUT2D eigenvalue weighted by Gasteiger charge is -2.08. The van der Waals surface area contributed by atoms with Crippen molar-refractivity contribution >= 4 is 22.0 Å². The van der Waals surface area contributed by atoms with Crippen LogP contribution in [0.2, 0.25) is 0 Å². The Morgan fingerprint density at radius 2 is 1.67 bits per heavy atom. The van der Waals surface area contributed by atoms with Crippen molar-refractivity contribution in [3.8, 4) is 11.5 Å². The average Bonchev–Trinajstić information content (AvgIpc) is 3.28. The average molecular weight is 424 g/mol. The first kappa shape index (κ1) is 19.7. The summed E-state index contributed by atoms with van der Waals surface area (Å²) in [7, 11) is -3.84. The summed E-state index contributed by atoms with van der Waals surface area (Å²) in [5, 5.41) is 7.39. The van der Waals surface area contributed by atoms with E-state index in [2.05, 4.69) is 10.2 Å². The molecule has 0 radical (unpaired) electrons. The minimum Gasteiger partial charge on any atom is -0.423 e. The zero-order valence-electron chi connectivity index (χ0n) is 15.4. The lowest BCUT2D eigenvalue weighted by Crippen LogP contribution is -2.04. The van der Waals surface area contributed by atoms with Crippen molar-refractivity contribution in [2.45, 2.75) is 9.79 Å². The Bertz CT molecular complexity index is 1320. The highest BCUT2D eigenvalue weighted by Gasteiger charge is 2.23. The number of benzene rings is 3. The second kappa shape index (κ2) is 8.00. The molecule has 5 nitrogen and oxygen atoms in total. The third-order valence-corrected chi connectivity index (χ3v) is 6.20. The molecule has 150 valence electrons. The van der Waals surface area contributed by atoms with Gasteiger partial charge in [-0.1, -0.05) is 36.4 Å². The first-order valence-electron chi connectivity index (χ1n) is 8.79. The van der Waals surface area contributed by atoms with E-state index in [1.54, 1.807) is 36.4 Å². The summed E-state index contributed by atoms with van der Waals surface area (Å²) in [6.45, 7) is 0. The van der Waals surface area contributed by atoms with E-state index < -0.39 is 21.5 Å². The monoisotopic (exact) mass is 424 g/mol. The molecule has 3 aromatic carbocycles. The summed E-state index contributed by atoms with van der Waals surface area (Å²) in [6.07, 6.45) is 4.23. The molecule has 30 heavy (non-hydrogen) atoms. The number of aromatic nitrogens is 2. The highest BCUT2D eigenvalue weighted by molar-refractivity contribution is 7.91. The van der Waals surface area contributed by atoms with Gasteiger partial charge in [-0.25, -0.2) is 17.2 Å². The topological polar surface area (TPSA) is 73.1 Å². The zero-order chi connectivity index (χ0) is 21.1. The third-order valence-electron chi connectivity index (χ3n) is 4.38. The highest BCUT2D eigenvalue weighted by atomic mass is 32.2. The second-order valence-electron chi connectivity index (χ2n) is 6.31. The molecule has 8 heteroatoms. The van der Waals surface area contributed by atoms with Crippen LogP contribution in [0.15, 0.2) is 87.3 Å². The van der Waals surface area contributed by atoms with Crippen molar-refractivity contribution in [3.05, 3.63) is 95.9 Å². The Balaban J connectivity index is 1.64. The maximum atomic E-state index is 13.7. The van der Waals surface area contributed by atoms with Crippen LogP contribution in [-0.4, -0.2) is 18.6 Å². The molecule has 0 aliphatic rings. The molecule has 0 aliphatic heterocycles. The molecule has 0 unspecified atom stereocenters. The molecule has 0 saturated carbocycles. The van der Waals surface area contributed by atoms with Gasteiger partial charge in [-0.05, 0) is 42.0 Å². The Morgan fingerprint density at radius 1 is 0.900 bits per heavy atom. The molecular weight excluding hydrogens is 410 g/mol. The summed E-state index contributed by atoms with van der Waals surface area (Å²) in [4.78, 5) is 0.130. The predicted molar refractivity (Wildman–Crippen MR) is 107 cm³/mol. The number of halogens is 2. The van der Waals surface area contributed by atoms with Gasteiger partial charge in [-0.3, -0.25) is 0 Å². The van der Waals surface area contributed by atoms with Crippen LogP contribution in [0.5, 0.6) is 0 Å². The number of sulfone groups is 1. The minimum atomic E-state index is -3.84. The van der Waals surface area contributed by atoms with E-state index >= 15 is 0 Å². The zero-order valence-corrected chi connectivity index (χ0v) is 16.2. The molecule has 0 atom stereocenters. The van der Waals surface area contributed by atoms with Crippen LogP contribution in [0.1, 0.15) is 11.1 Å². The first-order chi connectivity index (χ1) is 14.4. The highest BCUT2D eigenvalue weighted by Crippen LogP contribution is 2.30. The maximum absolute atomic E-state index is 13.7. The fraction of sp³-hybridized carbons (Fsp3) is 0. The fourth-order valence-electron chi connectivity index (χ4n) is 2.88. The smallest absolute Gasteiger partial charge is 0.248 e. The molecule has 4 rings (SSSR count). The molecule has 0 N–H and O–H groups in total. The van der Waals surface area contributed by atoms with Crippen molar-refractivity contribution < 1.29 is 21.6 Å². The first-order valence-corrected chi connectivity index (χ1v) is 10.3. The van der Waals surface area contributed by atoms with E-state index in [9.17, 15) is 17.2 Å². The van der Waals surface area contributed by atoms with Crippen molar-refractivity contribution in [1.29, 1.82) is 0 Å². The number of rotatable bonds is 5. The normalized spacial score (nSPS) is 11.8. The Morgan fingerprint density at radius 3 is 2.37 bits per heavy atom. The number of hydrogen-bond acceptors (Lipinski definition) is 5. The Hall–Kier alpha value is -3.65. The standard InChI is InChI=1S/C22H14F2N2O3S/c23-17-10-9-16(20(24)13-17)8-5-15-6-11-18(12-7-15)30(27,28)21-4-2-1-3-19(21)22-26-25-14-29-22/h1-14H/b8-5+. The van der Waals surface area contributed by atoms with Crippen molar-refractivity contribution in [2.75, 3.05) is 0 Å². The largest absolute Gasteiger partial charge is 0.423 e. The third kappa shape index (κ3) is 3.90. The number of hydrogen-bond donors (Lipinski definition) is 0. The van der Waals surface area contributed by atoms with Gasteiger partial charge in [0.1, 0.15) is 11.6 Å². The van der Waals surface area contributed by atoms with Gasteiger partial charge in [0, 0.05) is 11.6 Å². The fourth-order valence-corrected chi connectivity index (χ4v) is 4.33. The molecule has 0 bridgehead atoms. The quantitative estimate of drug-likeness (QED) is 0.421. The maximum Gasteiger partial charge on any atom is 0.248 e. The van der Waals surface area contributed by atoms with Crippen molar-refractivity contribution in [2.24, 2.45) is 0 Å². The van der Waals surface area contributed by atoms with Crippen LogP contribution in [0.3, 0.4) is 0 Å². The van der Waals surface area contributed by atoms with E-state index in [0.29, 0.717) is 11.1 Å². The molecular formula is C22H14F2N2O3S. The van der Waals surface area contributed by atoms with Crippen LogP contribution in [-0.2, 0) is 9.84 Å². The molecule has 4 aromatic rings. The van der Waals surface area contributed by atoms with Gasteiger partial charge >= 0.3 is 0 Å².